The monoisotopic (exact) mass is 264 g/mol. The summed E-state index contributed by atoms with van der Waals surface area (Å²) in [6.07, 6.45) is 1.40. The molecule has 3 heteroatoms. The molecule has 88 valence electrons. The maximum absolute atomic E-state index is 12.0. The zero-order valence-electron chi connectivity index (χ0n) is 9.57. The SMILES string of the molecule is CCc1ccc(C(=O)Cc2cccc(Cl)c2)s1. The standard InChI is InChI=1S/C14H13ClOS/c1-2-12-6-7-14(17-12)13(16)9-10-4-3-5-11(15)8-10/h3-8H,2,9H2,1H3. The van der Waals surface area contributed by atoms with Crippen molar-refractivity contribution in [3.8, 4) is 0 Å². The van der Waals surface area contributed by atoms with Crippen molar-refractivity contribution in [2.45, 2.75) is 19.8 Å². The average Bonchev–Trinajstić information content (AvgIpc) is 2.77. The van der Waals surface area contributed by atoms with E-state index in [4.69, 9.17) is 11.6 Å². The number of ketones is 1. The van der Waals surface area contributed by atoms with Gasteiger partial charge in [0.1, 0.15) is 0 Å². The predicted octanol–water partition coefficient (Wildman–Crippen LogP) is 4.39. The molecule has 0 saturated carbocycles. The summed E-state index contributed by atoms with van der Waals surface area (Å²) >= 11 is 7.47. The summed E-state index contributed by atoms with van der Waals surface area (Å²) < 4.78 is 0. The van der Waals surface area contributed by atoms with Gasteiger partial charge in [0.15, 0.2) is 5.78 Å². The van der Waals surface area contributed by atoms with E-state index in [1.807, 2.05) is 36.4 Å². The molecule has 0 N–H and O–H groups in total. The van der Waals surface area contributed by atoms with E-state index in [9.17, 15) is 4.79 Å². The molecule has 2 aromatic rings. The summed E-state index contributed by atoms with van der Waals surface area (Å²) in [6.45, 7) is 2.09. The Morgan fingerprint density at radius 1 is 1.29 bits per heavy atom. The van der Waals surface area contributed by atoms with Crippen LogP contribution in [0.25, 0.3) is 0 Å². The van der Waals surface area contributed by atoms with E-state index in [0.717, 1.165) is 16.9 Å². The summed E-state index contributed by atoms with van der Waals surface area (Å²) in [4.78, 5) is 14.1. The Bertz CT molecular complexity index is 531. The number of hydrogen-bond acceptors (Lipinski definition) is 2. The lowest BCUT2D eigenvalue weighted by atomic mass is 10.1. The highest BCUT2D eigenvalue weighted by molar-refractivity contribution is 7.14. The van der Waals surface area contributed by atoms with Gasteiger partial charge in [-0.15, -0.1) is 11.3 Å². The second kappa shape index (κ2) is 5.48. The average molecular weight is 265 g/mol. The second-order valence-corrected chi connectivity index (χ2v) is 5.45. The summed E-state index contributed by atoms with van der Waals surface area (Å²) in [5, 5.41) is 0.677. The first-order valence-electron chi connectivity index (χ1n) is 5.55. The van der Waals surface area contributed by atoms with Gasteiger partial charge in [-0.2, -0.15) is 0 Å². The van der Waals surface area contributed by atoms with Gasteiger partial charge in [0, 0.05) is 16.3 Å². The van der Waals surface area contributed by atoms with Gasteiger partial charge in [0.05, 0.1) is 4.88 Å². The number of carbonyl (C=O) groups is 1. The Labute approximate surface area is 110 Å². The molecular formula is C14H13ClOS. The van der Waals surface area contributed by atoms with Crippen molar-refractivity contribution in [1.82, 2.24) is 0 Å². The third-order valence-electron chi connectivity index (χ3n) is 2.54. The first-order chi connectivity index (χ1) is 8.19. The molecule has 0 spiro atoms. The maximum atomic E-state index is 12.0. The number of aryl methyl sites for hydroxylation is 1. The van der Waals surface area contributed by atoms with Crippen LogP contribution in [0.15, 0.2) is 36.4 Å². The minimum Gasteiger partial charge on any atom is -0.293 e. The molecule has 1 heterocycles. The highest BCUT2D eigenvalue weighted by Crippen LogP contribution is 2.20. The Balaban J connectivity index is 2.11. The van der Waals surface area contributed by atoms with E-state index in [-0.39, 0.29) is 5.78 Å². The van der Waals surface area contributed by atoms with Crippen LogP contribution in [0.4, 0.5) is 0 Å². The molecule has 0 radical (unpaired) electrons. The lowest BCUT2D eigenvalue weighted by Crippen LogP contribution is -2.00. The summed E-state index contributed by atoms with van der Waals surface area (Å²) in [5.41, 5.74) is 0.967. The van der Waals surface area contributed by atoms with Gasteiger partial charge in [-0.3, -0.25) is 4.79 Å². The molecule has 2 rings (SSSR count). The van der Waals surface area contributed by atoms with Crippen molar-refractivity contribution >= 4 is 28.7 Å². The quantitative estimate of drug-likeness (QED) is 0.749. The zero-order valence-corrected chi connectivity index (χ0v) is 11.1. The molecule has 0 unspecified atom stereocenters. The molecule has 0 fully saturated rings. The molecule has 1 nitrogen and oxygen atoms in total. The Morgan fingerprint density at radius 3 is 2.76 bits per heavy atom. The molecule has 0 bridgehead atoms. The third kappa shape index (κ3) is 3.18. The highest BCUT2D eigenvalue weighted by Gasteiger charge is 2.09. The van der Waals surface area contributed by atoms with Crippen LogP contribution in [0.2, 0.25) is 5.02 Å². The number of halogens is 1. The first kappa shape index (κ1) is 12.3. The lowest BCUT2D eigenvalue weighted by molar-refractivity contribution is 0.0997. The van der Waals surface area contributed by atoms with Crippen LogP contribution in [0, 0.1) is 0 Å². The largest absolute Gasteiger partial charge is 0.293 e. The Kier molecular flexibility index (Phi) is 3.97. The normalized spacial score (nSPS) is 10.5. The van der Waals surface area contributed by atoms with Crippen molar-refractivity contribution in [2.24, 2.45) is 0 Å². The second-order valence-electron chi connectivity index (χ2n) is 3.85. The number of benzene rings is 1. The van der Waals surface area contributed by atoms with E-state index in [0.29, 0.717) is 11.4 Å². The maximum Gasteiger partial charge on any atom is 0.177 e. The smallest absolute Gasteiger partial charge is 0.177 e. The summed E-state index contributed by atoms with van der Waals surface area (Å²) in [7, 11) is 0. The van der Waals surface area contributed by atoms with Crippen LogP contribution in [0.1, 0.15) is 27.0 Å². The van der Waals surface area contributed by atoms with E-state index in [2.05, 4.69) is 6.92 Å². The van der Waals surface area contributed by atoms with Crippen LogP contribution in [0.3, 0.4) is 0 Å². The van der Waals surface area contributed by atoms with Crippen LogP contribution in [0.5, 0.6) is 0 Å². The van der Waals surface area contributed by atoms with E-state index in [1.165, 1.54) is 4.88 Å². The van der Waals surface area contributed by atoms with Crippen molar-refractivity contribution in [3.05, 3.63) is 56.7 Å². The molecule has 0 aliphatic heterocycles. The summed E-state index contributed by atoms with van der Waals surface area (Å²) in [5.74, 6) is 0.164. The minimum absolute atomic E-state index is 0.164. The van der Waals surface area contributed by atoms with E-state index >= 15 is 0 Å². The molecule has 0 amide bonds. The number of Topliss-reactive ketones (excluding diaryl/α,β-unsaturated/α-hetero) is 1. The van der Waals surface area contributed by atoms with E-state index < -0.39 is 0 Å². The molecule has 0 atom stereocenters. The van der Waals surface area contributed by atoms with Crippen molar-refractivity contribution < 1.29 is 4.79 Å². The summed E-state index contributed by atoms with van der Waals surface area (Å²) in [6, 6.07) is 11.4. The van der Waals surface area contributed by atoms with Gasteiger partial charge >= 0.3 is 0 Å². The highest BCUT2D eigenvalue weighted by atomic mass is 35.5. The zero-order chi connectivity index (χ0) is 12.3. The van der Waals surface area contributed by atoms with Gasteiger partial charge < -0.3 is 0 Å². The van der Waals surface area contributed by atoms with Gasteiger partial charge in [-0.05, 0) is 36.2 Å². The first-order valence-corrected chi connectivity index (χ1v) is 6.75. The minimum atomic E-state index is 0.164. The fourth-order valence-electron chi connectivity index (χ4n) is 1.64. The number of carbonyl (C=O) groups excluding carboxylic acids is 1. The molecule has 1 aromatic heterocycles. The van der Waals surface area contributed by atoms with Crippen LogP contribution >= 0.6 is 22.9 Å². The third-order valence-corrected chi connectivity index (χ3v) is 4.04. The number of thiophene rings is 1. The number of rotatable bonds is 4. The van der Waals surface area contributed by atoms with Crippen molar-refractivity contribution in [2.75, 3.05) is 0 Å². The molecule has 0 aliphatic carbocycles. The van der Waals surface area contributed by atoms with Gasteiger partial charge in [-0.1, -0.05) is 30.7 Å². The molecule has 0 saturated heterocycles. The topological polar surface area (TPSA) is 17.1 Å². The van der Waals surface area contributed by atoms with Crippen molar-refractivity contribution in [3.63, 3.8) is 0 Å². The van der Waals surface area contributed by atoms with Gasteiger partial charge in [0.2, 0.25) is 0 Å². The van der Waals surface area contributed by atoms with Gasteiger partial charge in [-0.25, -0.2) is 0 Å². The fourth-order valence-corrected chi connectivity index (χ4v) is 2.74. The molecule has 17 heavy (non-hydrogen) atoms. The number of hydrogen-bond donors (Lipinski definition) is 0. The lowest BCUT2D eigenvalue weighted by Gasteiger charge is -1.99. The Morgan fingerprint density at radius 2 is 2.12 bits per heavy atom. The molecule has 0 aliphatic rings. The predicted molar refractivity (Wildman–Crippen MR) is 73.2 cm³/mol. The fraction of sp³-hybridized carbons (Fsp3) is 0.214. The van der Waals surface area contributed by atoms with Crippen molar-refractivity contribution in [1.29, 1.82) is 0 Å². The Hall–Kier alpha value is -1.12. The molecular weight excluding hydrogens is 252 g/mol. The van der Waals surface area contributed by atoms with Crippen LogP contribution in [-0.4, -0.2) is 5.78 Å². The van der Waals surface area contributed by atoms with Gasteiger partial charge in [0.25, 0.3) is 0 Å². The van der Waals surface area contributed by atoms with Crippen LogP contribution in [-0.2, 0) is 12.8 Å². The molecule has 1 aromatic carbocycles. The van der Waals surface area contributed by atoms with E-state index in [1.54, 1.807) is 11.3 Å². The van der Waals surface area contributed by atoms with Crippen LogP contribution < -0.4 is 0 Å².